The Morgan fingerprint density at radius 1 is 1.33 bits per heavy atom. The van der Waals surface area contributed by atoms with E-state index in [-0.39, 0.29) is 11.8 Å². The third kappa shape index (κ3) is 4.49. The molecule has 2 N–H and O–H groups in total. The van der Waals surface area contributed by atoms with E-state index < -0.39 is 11.5 Å². The van der Waals surface area contributed by atoms with Crippen LogP contribution in [0.4, 0.5) is 0 Å². The van der Waals surface area contributed by atoms with Crippen LogP contribution < -0.4 is 15.4 Å². The van der Waals surface area contributed by atoms with Crippen LogP contribution in [0, 0.1) is 5.92 Å². The maximum absolute atomic E-state index is 12.7. The van der Waals surface area contributed by atoms with Crippen molar-refractivity contribution in [3.05, 3.63) is 29.8 Å². The Balaban J connectivity index is 2.02. The Kier molecular flexibility index (Phi) is 5.86. The molecule has 5 nitrogen and oxygen atoms in total. The van der Waals surface area contributed by atoms with Crippen LogP contribution in [0.2, 0.25) is 0 Å². The Bertz CT molecular complexity index is 579. The zero-order valence-corrected chi connectivity index (χ0v) is 15.0. The molecule has 1 heterocycles. The number of nitrogens with one attached hydrogen (secondary N) is 2. The molecule has 1 aromatic carbocycles. The van der Waals surface area contributed by atoms with Crippen LogP contribution >= 0.6 is 0 Å². The van der Waals surface area contributed by atoms with E-state index in [2.05, 4.69) is 24.5 Å². The number of rotatable bonds is 6. The SMILES string of the molecule is CC(C)COc1ccc(C(C)(C)C(=O)NC2CCCNC2=O)cc1. The van der Waals surface area contributed by atoms with Crippen LogP contribution in [0.3, 0.4) is 0 Å². The number of hydrogen-bond donors (Lipinski definition) is 2. The highest BCUT2D eigenvalue weighted by Gasteiger charge is 2.33. The number of benzene rings is 1. The average molecular weight is 332 g/mol. The Morgan fingerprint density at radius 2 is 2.00 bits per heavy atom. The molecule has 0 spiro atoms. The van der Waals surface area contributed by atoms with Gasteiger partial charge in [0.25, 0.3) is 0 Å². The second kappa shape index (κ2) is 7.69. The molecule has 0 saturated carbocycles. The van der Waals surface area contributed by atoms with Crippen LogP contribution in [0.1, 0.15) is 46.1 Å². The van der Waals surface area contributed by atoms with E-state index in [0.717, 1.165) is 17.7 Å². The fourth-order valence-electron chi connectivity index (χ4n) is 2.61. The van der Waals surface area contributed by atoms with Gasteiger partial charge in [0.1, 0.15) is 11.8 Å². The monoisotopic (exact) mass is 332 g/mol. The van der Waals surface area contributed by atoms with Crippen molar-refractivity contribution in [1.82, 2.24) is 10.6 Å². The molecule has 2 amide bonds. The molecule has 5 heteroatoms. The van der Waals surface area contributed by atoms with Crippen molar-refractivity contribution in [2.45, 2.75) is 52.0 Å². The smallest absolute Gasteiger partial charge is 0.242 e. The predicted octanol–water partition coefficient (Wildman–Crippen LogP) is 2.39. The lowest BCUT2D eigenvalue weighted by Gasteiger charge is -2.29. The molecule has 1 saturated heterocycles. The lowest BCUT2D eigenvalue weighted by molar-refractivity contribution is -0.132. The second-order valence-electron chi connectivity index (χ2n) is 7.31. The summed E-state index contributed by atoms with van der Waals surface area (Å²) in [6, 6.07) is 7.17. The van der Waals surface area contributed by atoms with Crippen LogP contribution in [0.5, 0.6) is 5.75 Å². The molecule has 0 aromatic heterocycles. The van der Waals surface area contributed by atoms with Gasteiger partial charge in [0.2, 0.25) is 11.8 Å². The van der Waals surface area contributed by atoms with E-state index in [0.29, 0.717) is 25.5 Å². The van der Waals surface area contributed by atoms with Gasteiger partial charge in [0.05, 0.1) is 12.0 Å². The first kappa shape index (κ1) is 18.3. The predicted molar refractivity (Wildman–Crippen MR) is 94.0 cm³/mol. The molecule has 0 bridgehead atoms. The third-order valence-electron chi connectivity index (χ3n) is 4.32. The van der Waals surface area contributed by atoms with Gasteiger partial charge in [0, 0.05) is 6.54 Å². The highest BCUT2D eigenvalue weighted by atomic mass is 16.5. The zero-order chi connectivity index (χ0) is 17.7. The van der Waals surface area contributed by atoms with Gasteiger partial charge in [0.15, 0.2) is 0 Å². The van der Waals surface area contributed by atoms with E-state index >= 15 is 0 Å². The third-order valence-corrected chi connectivity index (χ3v) is 4.32. The minimum Gasteiger partial charge on any atom is -0.493 e. The van der Waals surface area contributed by atoms with E-state index in [4.69, 9.17) is 4.74 Å². The number of ether oxygens (including phenoxy) is 1. The average Bonchev–Trinajstić information content (AvgIpc) is 2.55. The van der Waals surface area contributed by atoms with Gasteiger partial charge in [-0.3, -0.25) is 9.59 Å². The first-order valence-electron chi connectivity index (χ1n) is 8.62. The minimum absolute atomic E-state index is 0.0946. The number of piperidine rings is 1. The zero-order valence-electron chi connectivity index (χ0n) is 15.0. The molecule has 132 valence electrons. The Morgan fingerprint density at radius 3 is 2.58 bits per heavy atom. The highest BCUT2D eigenvalue weighted by Crippen LogP contribution is 2.26. The van der Waals surface area contributed by atoms with Crippen molar-refractivity contribution in [2.24, 2.45) is 5.92 Å². The van der Waals surface area contributed by atoms with Crippen molar-refractivity contribution in [1.29, 1.82) is 0 Å². The molecule has 2 rings (SSSR count). The van der Waals surface area contributed by atoms with Crippen molar-refractivity contribution in [2.75, 3.05) is 13.2 Å². The maximum Gasteiger partial charge on any atom is 0.242 e. The number of amides is 2. The Labute approximate surface area is 144 Å². The van der Waals surface area contributed by atoms with Crippen LogP contribution in [0.15, 0.2) is 24.3 Å². The fraction of sp³-hybridized carbons (Fsp3) is 0.579. The minimum atomic E-state index is -0.714. The lowest BCUT2D eigenvalue weighted by atomic mass is 9.83. The van der Waals surface area contributed by atoms with Gasteiger partial charge in [-0.15, -0.1) is 0 Å². The summed E-state index contributed by atoms with van der Waals surface area (Å²) in [5, 5.41) is 5.67. The molecule has 1 unspecified atom stereocenters. The van der Waals surface area contributed by atoms with Gasteiger partial charge in [-0.25, -0.2) is 0 Å². The summed E-state index contributed by atoms with van der Waals surface area (Å²) in [6.07, 6.45) is 1.58. The molecule has 0 radical (unpaired) electrons. The van der Waals surface area contributed by atoms with Gasteiger partial charge >= 0.3 is 0 Å². The summed E-state index contributed by atoms with van der Waals surface area (Å²) < 4.78 is 5.68. The summed E-state index contributed by atoms with van der Waals surface area (Å²) in [5.74, 6) is 1.03. The Hall–Kier alpha value is -2.04. The molecule has 1 atom stereocenters. The molecule has 1 aromatic rings. The standard InChI is InChI=1S/C19H28N2O3/c1-13(2)12-24-15-9-7-14(8-10-15)19(3,4)18(23)21-16-6-5-11-20-17(16)22/h7-10,13,16H,5-6,11-12H2,1-4H3,(H,20,22)(H,21,23). The van der Waals surface area contributed by atoms with Crippen molar-refractivity contribution in [3.8, 4) is 5.75 Å². The van der Waals surface area contributed by atoms with Crippen LogP contribution in [-0.2, 0) is 15.0 Å². The summed E-state index contributed by atoms with van der Waals surface area (Å²) in [6.45, 7) is 9.29. The first-order valence-corrected chi connectivity index (χ1v) is 8.62. The summed E-state index contributed by atoms with van der Waals surface area (Å²) >= 11 is 0. The van der Waals surface area contributed by atoms with Crippen molar-refractivity contribution >= 4 is 11.8 Å². The van der Waals surface area contributed by atoms with E-state index in [9.17, 15) is 9.59 Å². The number of carbonyl (C=O) groups excluding carboxylic acids is 2. The van der Waals surface area contributed by atoms with Gasteiger partial charge in [-0.1, -0.05) is 26.0 Å². The first-order chi connectivity index (χ1) is 11.3. The highest BCUT2D eigenvalue weighted by molar-refractivity contribution is 5.92. The fourth-order valence-corrected chi connectivity index (χ4v) is 2.61. The van der Waals surface area contributed by atoms with Gasteiger partial charge in [-0.05, 0) is 50.3 Å². The van der Waals surface area contributed by atoms with Crippen LogP contribution in [-0.4, -0.2) is 31.0 Å². The lowest BCUT2D eigenvalue weighted by Crippen LogP contribution is -2.53. The summed E-state index contributed by atoms with van der Waals surface area (Å²) in [5.41, 5.74) is 0.182. The number of carbonyl (C=O) groups is 2. The summed E-state index contributed by atoms with van der Waals surface area (Å²) in [7, 11) is 0. The largest absolute Gasteiger partial charge is 0.493 e. The molecular weight excluding hydrogens is 304 g/mol. The van der Waals surface area contributed by atoms with Gasteiger partial charge in [-0.2, -0.15) is 0 Å². The molecule has 24 heavy (non-hydrogen) atoms. The van der Waals surface area contributed by atoms with Crippen molar-refractivity contribution in [3.63, 3.8) is 0 Å². The molecule has 1 aliphatic heterocycles. The quantitative estimate of drug-likeness (QED) is 0.840. The topological polar surface area (TPSA) is 67.4 Å². The molecule has 0 aliphatic carbocycles. The van der Waals surface area contributed by atoms with Crippen molar-refractivity contribution < 1.29 is 14.3 Å². The second-order valence-corrected chi connectivity index (χ2v) is 7.31. The van der Waals surface area contributed by atoms with Crippen LogP contribution in [0.25, 0.3) is 0 Å². The molecule has 1 aliphatic rings. The van der Waals surface area contributed by atoms with E-state index in [1.807, 2.05) is 38.1 Å². The van der Waals surface area contributed by atoms with Gasteiger partial charge < -0.3 is 15.4 Å². The summed E-state index contributed by atoms with van der Waals surface area (Å²) in [4.78, 5) is 24.5. The van der Waals surface area contributed by atoms with E-state index in [1.165, 1.54) is 0 Å². The number of hydrogen-bond acceptors (Lipinski definition) is 3. The maximum atomic E-state index is 12.7. The normalized spacial score (nSPS) is 18.2. The molecular formula is C19H28N2O3. The van der Waals surface area contributed by atoms with E-state index in [1.54, 1.807) is 0 Å². The molecule has 1 fully saturated rings.